The Morgan fingerprint density at radius 2 is 2.21 bits per heavy atom. The van der Waals surface area contributed by atoms with Crippen molar-refractivity contribution >= 4 is 17.6 Å². The Hall–Kier alpha value is -1.91. The van der Waals surface area contributed by atoms with Crippen LogP contribution in [0.3, 0.4) is 0 Å². The Kier molecular flexibility index (Phi) is 5.17. The Morgan fingerprint density at radius 1 is 1.38 bits per heavy atom. The summed E-state index contributed by atoms with van der Waals surface area (Å²) in [4.78, 5) is 18.2. The van der Waals surface area contributed by atoms with E-state index in [9.17, 15) is 9.90 Å². The van der Waals surface area contributed by atoms with Crippen molar-refractivity contribution in [3.63, 3.8) is 0 Å². The fourth-order valence-corrected chi connectivity index (χ4v) is 3.53. The number of aromatic nitrogens is 1. The van der Waals surface area contributed by atoms with Crippen LogP contribution in [0.1, 0.15) is 35.7 Å². The van der Waals surface area contributed by atoms with Crippen molar-refractivity contribution in [1.82, 2.24) is 9.88 Å². The average Bonchev–Trinajstić information content (AvgIpc) is 2.57. The molecule has 24 heavy (non-hydrogen) atoms. The molecule has 0 saturated carbocycles. The highest BCUT2D eigenvalue weighted by Crippen LogP contribution is 2.32. The molecule has 0 amide bonds. The highest BCUT2D eigenvalue weighted by Gasteiger charge is 2.31. The zero-order chi connectivity index (χ0) is 17.1. The van der Waals surface area contributed by atoms with E-state index in [4.69, 9.17) is 11.6 Å². The minimum atomic E-state index is -0.721. The van der Waals surface area contributed by atoms with Gasteiger partial charge in [-0.2, -0.15) is 0 Å². The van der Waals surface area contributed by atoms with E-state index in [1.54, 1.807) is 0 Å². The van der Waals surface area contributed by atoms with Crippen molar-refractivity contribution in [2.45, 2.75) is 25.8 Å². The van der Waals surface area contributed by atoms with Crippen LogP contribution >= 0.6 is 11.6 Å². The van der Waals surface area contributed by atoms with E-state index < -0.39 is 5.97 Å². The smallest absolute Gasteiger partial charge is 0.307 e. The number of aryl methyl sites for hydroxylation is 1. The van der Waals surface area contributed by atoms with Crippen LogP contribution in [-0.2, 0) is 4.79 Å². The van der Waals surface area contributed by atoms with E-state index in [2.05, 4.69) is 9.88 Å². The number of nitrogens with zero attached hydrogens (tertiary/aromatic N) is 2. The molecule has 0 bridgehead atoms. The number of rotatable bonds is 4. The van der Waals surface area contributed by atoms with Crippen molar-refractivity contribution in [1.29, 1.82) is 0 Å². The standard InChI is InChI=1S/C19H21ClN2O2/c1-13-7-8-17(21-11-13)18(14-4-2-6-16(20)10-14)22-9-3-5-15(12-22)19(23)24/h2,4,6-8,10-11,15,18H,3,5,9,12H2,1H3,(H,23,24). The summed E-state index contributed by atoms with van der Waals surface area (Å²) in [5.41, 5.74) is 3.07. The largest absolute Gasteiger partial charge is 0.481 e. The minimum Gasteiger partial charge on any atom is -0.481 e. The topological polar surface area (TPSA) is 53.4 Å². The number of benzene rings is 1. The molecule has 2 heterocycles. The molecular weight excluding hydrogens is 324 g/mol. The van der Waals surface area contributed by atoms with Crippen LogP contribution in [0.4, 0.5) is 0 Å². The summed E-state index contributed by atoms with van der Waals surface area (Å²) in [6.45, 7) is 3.39. The van der Waals surface area contributed by atoms with Gasteiger partial charge in [0, 0.05) is 17.8 Å². The predicted octanol–water partition coefficient (Wildman–Crippen LogP) is 3.93. The number of pyridine rings is 1. The first-order valence-corrected chi connectivity index (χ1v) is 8.57. The molecule has 1 aliphatic heterocycles. The second-order valence-corrected chi connectivity index (χ2v) is 6.83. The van der Waals surface area contributed by atoms with Gasteiger partial charge in [-0.1, -0.05) is 29.8 Å². The number of aliphatic carboxylic acids is 1. The summed E-state index contributed by atoms with van der Waals surface area (Å²) >= 11 is 6.19. The Labute approximate surface area is 147 Å². The molecule has 1 aromatic carbocycles. The van der Waals surface area contributed by atoms with Crippen LogP contribution in [0.25, 0.3) is 0 Å². The van der Waals surface area contributed by atoms with E-state index in [0.717, 1.165) is 36.2 Å². The number of carboxylic acid groups (broad SMARTS) is 1. The first-order valence-electron chi connectivity index (χ1n) is 8.19. The van der Waals surface area contributed by atoms with Crippen molar-refractivity contribution in [2.24, 2.45) is 5.92 Å². The van der Waals surface area contributed by atoms with Gasteiger partial charge in [0.15, 0.2) is 0 Å². The summed E-state index contributed by atoms with van der Waals surface area (Å²) in [5, 5.41) is 10.1. The van der Waals surface area contributed by atoms with E-state index in [0.29, 0.717) is 11.6 Å². The van der Waals surface area contributed by atoms with Crippen molar-refractivity contribution in [3.05, 3.63) is 64.4 Å². The normalized spacial score (nSPS) is 19.8. The van der Waals surface area contributed by atoms with Crippen molar-refractivity contribution < 1.29 is 9.90 Å². The number of likely N-dealkylation sites (tertiary alicyclic amines) is 1. The quantitative estimate of drug-likeness (QED) is 0.913. The molecule has 4 nitrogen and oxygen atoms in total. The first kappa shape index (κ1) is 16.9. The molecule has 2 unspecified atom stereocenters. The summed E-state index contributed by atoms with van der Waals surface area (Å²) in [5.74, 6) is -1.05. The molecule has 0 spiro atoms. The van der Waals surface area contributed by atoms with Gasteiger partial charge in [0.05, 0.1) is 17.7 Å². The van der Waals surface area contributed by atoms with Crippen LogP contribution in [0.5, 0.6) is 0 Å². The number of piperidine rings is 1. The fourth-order valence-electron chi connectivity index (χ4n) is 3.33. The second kappa shape index (κ2) is 7.32. The maximum absolute atomic E-state index is 11.4. The van der Waals surface area contributed by atoms with Gasteiger partial charge in [0.2, 0.25) is 0 Å². The van der Waals surface area contributed by atoms with E-state index >= 15 is 0 Å². The summed E-state index contributed by atoms with van der Waals surface area (Å²) in [6, 6.07) is 11.7. The Bertz CT molecular complexity index is 718. The van der Waals surface area contributed by atoms with Crippen molar-refractivity contribution in [2.75, 3.05) is 13.1 Å². The first-order chi connectivity index (χ1) is 11.5. The Balaban J connectivity index is 1.98. The molecule has 0 aliphatic carbocycles. The van der Waals surface area contributed by atoms with Gasteiger partial charge in [-0.3, -0.25) is 14.7 Å². The molecule has 126 valence electrons. The van der Waals surface area contributed by atoms with Gasteiger partial charge in [-0.15, -0.1) is 0 Å². The van der Waals surface area contributed by atoms with Crippen LogP contribution < -0.4 is 0 Å². The lowest BCUT2D eigenvalue weighted by molar-refractivity contribution is -0.143. The second-order valence-electron chi connectivity index (χ2n) is 6.39. The molecular formula is C19H21ClN2O2. The fraction of sp³-hybridized carbons (Fsp3) is 0.368. The van der Waals surface area contributed by atoms with E-state index in [1.165, 1.54) is 0 Å². The van der Waals surface area contributed by atoms with Gasteiger partial charge in [-0.05, 0) is 55.6 Å². The number of carbonyl (C=O) groups is 1. The number of hydrogen-bond donors (Lipinski definition) is 1. The number of hydrogen-bond acceptors (Lipinski definition) is 3. The van der Waals surface area contributed by atoms with E-state index in [-0.39, 0.29) is 12.0 Å². The molecule has 2 aromatic rings. The third-order valence-electron chi connectivity index (χ3n) is 4.55. The van der Waals surface area contributed by atoms with Crippen LogP contribution in [-0.4, -0.2) is 34.0 Å². The molecule has 1 aliphatic rings. The molecule has 3 rings (SSSR count). The van der Waals surface area contributed by atoms with Crippen LogP contribution in [0.15, 0.2) is 42.6 Å². The molecule has 1 aromatic heterocycles. The third-order valence-corrected chi connectivity index (χ3v) is 4.78. The van der Waals surface area contributed by atoms with Gasteiger partial charge < -0.3 is 5.11 Å². The third kappa shape index (κ3) is 3.77. The van der Waals surface area contributed by atoms with Gasteiger partial charge in [-0.25, -0.2) is 0 Å². The molecule has 0 radical (unpaired) electrons. The van der Waals surface area contributed by atoms with Crippen LogP contribution in [0, 0.1) is 12.8 Å². The lowest BCUT2D eigenvalue weighted by Gasteiger charge is -2.37. The van der Waals surface area contributed by atoms with Crippen LogP contribution in [0.2, 0.25) is 5.02 Å². The molecule has 1 N–H and O–H groups in total. The maximum atomic E-state index is 11.4. The zero-order valence-electron chi connectivity index (χ0n) is 13.7. The molecule has 2 atom stereocenters. The number of halogens is 1. The minimum absolute atomic E-state index is 0.0774. The van der Waals surface area contributed by atoms with Gasteiger partial charge in [0.25, 0.3) is 0 Å². The van der Waals surface area contributed by atoms with E-state index in [1.807, 2.05) is 49.5 Å². The lowest BCUT2D eigenvalue weighted by Crippen LogP contribution is -2.41. The Morgan fingerprint density at radius 3 is 2.88 bits per heavy atom. The zero-order valence-corrected chi connectivity index (χ0v) is 14.4. The molecule has 1 saturated heterocycles. The SMILES string of the molecule is Cc1ccc(C(c2cccc(Cl)c2)N2CCCC(C(=O)O)C2)nc1. The predicted molar refractivity (Wildman–Crippen MR) is 94.2 cm³/mol. The molecule has 1 fully saturated rings. The number of carboxylic acids is 1. The van der Waals surface area contributed by atoms with Crippen molar-refractivity contribution in [3.8, 4) is 0 Å². The highest BCUT2D eigenvalue weighted by molar-refractivity contribution is 6.30. The maximum Gasteiger partial charge on any atom is 0.307 e. The van der Waals surface area contributed by atoms with Gasteiger partial charge >= 0.3 is 5.97 Å². The lowest BCUT2D eigenvalue weighted by atomic mass is 9.93. The monoisotopic (exact) mass is 344 g/mol. The summed E-state index contributed by atoms with van der Waals surface area (Å²) in [6.07, 6.45) is 3.46. The average molecular weight is 345 g/mol. The molecule has 5 heteroatoms. The van der Waals surface area contributed by atoms with Gasteiger partial charge in [0.1, 0.15) is 0 Å². The summed E-state index contributed by atoms with van der Waals surface area (Å²) < 4.78 is 0. The summed E-state index contributed by atoms with van der Waals surface area (Å²) in [7, 11) is 0. The highest BCUT2D eigenvalue weighted by atomic mass is 35.5.